The van der Waals surface area contributed by atoms with Gasteiger partial charge in [0.2, 0.25) is 5.91 Å². The fourth-order valence-electron chi connectivity index (χ4n) is 4.17. The number of morpholine rings is 1. The summed E-state index contributed by atoms with van der Waals surface area (Å²) in [5.74, 6) is -0.130. The first-order valence-corrected chi connectivity index (χ1v) is 11.8. The lowest BCUT2D eigenvalue weighted by atomic mass is 9.95. The van der Waals surface area contributed by atoms with Crippen LogP contribution in [0.5, 0.6) is 0 Å². The van der Waals surface area contributed by atoms with Gasteiger partial charge in [-0.25, -0.2) is 8.42 Å². The lowest BCUT2D eigenvalue weighted by molar-refractivity contribution is -0.168. The molecule has 0 aliphatic carbocycles. The average Bonchev–Trinajstić information content (AvgIpc) is 2.80. The molecule has 2 aromatic carbocycles. The van der Waals surface area contributed by atoms with E-state index in [1.807, 2.05) is 0 Å². The van der Waals surface area contributed by atoms with Gasteiger partial charge in [-0.15, -0.1) is 0 Å². The summed E-state index contributed by atoms with van der Waals surface area (Å²) >= 11 is 0. The number of nitrogens with zero attached hydrogens (tertiary/aromatic N) is 1. The van der Waals surface area contributed by atoms with Crippen LogP contribution < -0.4 is 4.72 Å². The van der Waals surface area contributed by atoms with Crippen LogP contribution in [0, 0.1) is 0 Å². The number of rotatable bonds is 6. The topological polar surface area (TPSA) is 105 Å². The molecule has 0 spiro atoms. The third kappa shape index (κ3) is 4.74. The van der Waals surface area contributed by atoms with Gasteiger partial charge in [0.05, 0.1) is 17.5 Å². The number of anilines is 1. The van der Waals surface area contributed by atoms with Crippen molar-refractivity contribution in [2.24, 2.45) is 0 Å². The van der Waals surface area contributed by atoms with E-state index in [0.29, 0.717) is 18.9 Å². The van der Waals surface area contributed by atoms with Crippen LogP contribution in [0.2, 0.25) is 0 Å². The van der Waals surface area contributed by atoms with E-state index in [2.05, 4.69) is 4.72 Å². The number of benzene rings is 2. The van der Waals surface area contributed by atoms with E-state index in [9.17, 15) is 18.3 Å². The van der Waals surface area contributed by atoms with Gasteiger partial charge in [-0.2, -0.15) is 0 Å². The van der Waals surface area contributed by atoms with Crippen LogP contribution in [0.3, 0.4) is 0 Å². The molecule has 2 aliphatic rings. The van der Waals surface area contributed by atoms with Gasteiger partial charge in [-0.1, -0.05) is 30.3 Å². The molecule has 9 heteroatoms. The molecule has 2 N–H and O–H groups in total. The van der Waals surface area contributed by atoms with Gasteiger partial charge in [0.15, 0.2) is 0 Å². The molecule has 166 valence electrons. The molecule has 0 saturated carbocycles. The quantitative estimate of drug-likeness (QED) is 0.703. The highest BCUT2D eigenvalue weighted by Gasteiger charge is 2.41. The molecule has 2 atom stereocenters. The number of ether oxygens (including phenoxy) is 2. The zero-order valence-electron chi connectivity index (χ0n) is 17.0. The molecule has 0 unspecified atom stereocenters. The molecule has 0 aromatic heterocycles. The molecule has 8 nitrogen and oxygen atoms in total. The van der Waals surface area contributed by atoms with Gasteiger partial charge in [-0.3, -0.25) is 9.52 Å². The average molecular weight is 447 g/mol. The zero-order valence-corrected chi connectivity index (χ0v) is 17.8. The van der Waals surface area contributed by atoms with E-state index < -0.39 is 22.2 Å². The Labute approximate surface area is 181 Å². The van der Waals surface area contributed by atoms with Crippen LogP contribution in [-0.2, 0) is 24.3 Å². The highest BCUT2D eigenvalue weighted by molar-refractivity contribution is 7.92. The predicted molar refractivity (Wildman–Crippen MR) is 114 cm³/mol. The Bertz CT molecular complexity index is 990. The molecule has 4 rings (SSSR count). The number of aliphatic hydroxyl groups excluding tert-OH is 1. The maximum absolute atomic E-state index is 12.6. The summed E-state index contributed by atoms with van der Waals surface area (Å²) in [7, 11) is -3.68. The third-order valence-electron chi connectivity index (χ3n) is 5.70. The minimum atomic E-state index is -3.68. The SMILES string of the molecule is O=C1CO[C@H](c2ccc(NS(=O)(=O)c3ccccc3)cc2)[C@@H](CO)N1C1CCOCC1. The Morgan fingerprint density at radius 3 is 2.35 bits per heavy atom. The molecule has 2 saturated heterocycles. The number of nitrogens with one attached hydrogen (secondary N) is 1. The molecule has 31 heavy (non-hydrogen) atoms. The van der Waals surface area contributed by atoms with E-state index in [1.165, 1.54) is 12.1 Å². The lowest BCUT2D eigenvalue weighted by Crippen LogP contribution is -2.57. The van der Waals surface area contributed by atoms with Crippen molar-refractivity contribution in [3.63, 3.8) is 0 Å². The number of hydrogen-bond donors (Lipinski definition) is 2. The predicted octanol–water partition coefficient (Wildman–Crippen LogP) is 1.93. The van der Waals surface area contributed by atoms with Crippen molar-refractivity contribution in [3.05, 3.63) is 60.2 Å². The van der Waals surface area contributed by atoms with Crippen molar-refractivity contribution in [2.45, 2.75) is 35.9 Å². The Morgan fingerprint density at radius 2 is 1.71 bits per heavy atom. The largest absolute Gasteiger partial charge is 0.394 e. The minimum Gasteiger partial charge on any atom is -0.394 e. The lowest BCUT2D eigenvalue weighted by Gasteiger charge is -2.45. The van der Waals surface area contributed by atoms with Crippen LogP contribution in [-0.4, -0.2) is 62.8 Å². The molecule has 0 bridgehead atoms. The highest BCUT2D eigenvalue weighted by atomic mass is 32.2. The van der Waals surface area contributed by atoms with Crippen LogP contribution in [0.25, 0.3) is 0 Å². The molecule has 2 aliphatic heterocycles. The second kappa shape index (κ2) is 9.35. The Morgan fingerprint density at radius 1 is 1.03 bits per heavy atom. The van der Waals surface area contributed by atoms with Crippen LogP contribution in [0.1, 0.15) is 24.5 Å². The first-order valence-electron chi connectivity index (χ1n) is 10.3. The minimum absolute atomic E-state index is 0.0155. The standard InChI is InChI=1S/C22H26N2O6S/c25-14-20-22(30-15-21(26)24(20)18-10-12-29-13-11-18)16-6-8-17(9-7-16)23-31(27,28)19-4-2-1-3-5-19/h1-9,18,20,22-23,25H,10-15H2/t20-,22-/m1/s1. The van der Waals surface area contributed by atoms with Crippen molar-refractivity contribution < 1.29 is 27.8 Å². The molecule has 2 heterocycles. The van der Waals surface area contributed by atoms with E-state index in [-0.39, 0.29) is 30.1 Å². The third-order valence-corrected chi connectivity index (χ3v) is 7.09. The van der Waals surface area contributed by atoms with Crippen molar-refractivity contribution in [1.29, 1.82) is 0 Å². The summed E-state index contributed by atoms with van der Waals surface area (Å²) in [5.41, 5.74) is 1.19. The van der Waals surface area contributed by atoms with Crippen molar-refractivity contribution in [1.82, 2.24) is 4.90 Å². The number of carbonyl (C=O) groups is 1. The van der Waals surface area contributed by atoms with Gasteiger partial charge in [-0.05, 0) is 42.7 Å². The number of aliphatic hydroxyl groups is 1. The number of hydrogen-bond acceptors (Lipinski definition) is 6. The molecular formula is C22H26N2O6S. The van der Waals surface area contributed by atoms with E-state index in [4.69, 9.17) is 9.47 Å². The van der Waals surface area contributed by atoms with Gasteiger partial charge < -0.3 is 19.5 Å². The normalized spacial score (nSPS) is 23.0. The molecule has 2 aromatic rings. The number of carbonyl (C=O) groups excluding carboxylic acids is 1. The van der Waals surface area contributed by atoms with Gasteiger partial charge in [0.25, 0.3) is 10.0 Å². The Hall–Kier alpha value is -2.46. The van der Waals surface area contributed by atoms with Gasteiger partial charge in [0.1, 0.15) is 12.7 Å². The Balaban J connectivity index is 1.51. The maximum atomic E-state index is 12.6. The van der Waals surface area contributed by atoms with Gasteiger partial charge >= 0.3 is 0 Å². The highest BCUT2D eigenvalue weighted by Crippen LogP contribution is 2.33. The molecule has 1 amide bonds. The molecule has 2 fully saturated rings. The van der Waals surface area contributed by atoms with Gasteiger partial charge in [0, 0.05) is 24.9 Å². The van der Waals surface area contributed by atoms with E-state index >= 15 is 0 Å². The van der Waals surface area contributed by atoms with Crippen molar-refractivity contribution in [2.75, 3.05) is 31.1 Å². The summed E-state index contributed by atoms with van der Waals surface area (Å²) in [6, 6.07) is 14.5. The monoisotopic (exact) mass is 446 g/mol. The fourth-order valence-corrected chi connectivity index (χ4v) is 5.25. The second-order valence-corrected chi connectivity index (χ2v) is 9.35. The molecular weight excluding hydrogens is 420 g/mol. The van der Waals surface area contributed by atoms with E-state index in [0.717, 1.165) is 18.4 Å². The smallest absolute Gasteiger partial charge is 0.261 e. The summed E-state index contributed by atoms with van der Waals surface area (Å²) < 4.78 is 38.8. The van der Waals surface area contributed by atoms with Crippen LogP contribution in [0.15, 0.2) is 59.5 Å². The van der Waals surface area contributed by atoms with Crippen LogP contribution >= 0.6 is 0 Å². The van der Waals surface area contributed by atoms with Crippen molar-refractivity contribution in [3.8, 4) is 0 Å². The zero-order chi connectivity index (χ0) is 21.8. The number of sulfonamides is 1. The first-order chi connectivity index (χ1) is 15.0. The first kappa shape index (κ1) is 21.8. The summed E-state index contributed by atoms with van der Waals surface area (Å²) in [4.78, 5) is 14.5. The maximum Gasteiger partial charge on any atom is 0.261 e. The number of amides is 1. The van der Waals surface area contributed by atoms with Crippen molar-refractivity contribution >= 4 is 21.6 Å². The summed E-state index contributed by atoms with van der Waals surface area (Å²) in [5, 5.41) is 10.1. The Kier molecular flexibility index (Phi) is 6.57. The van der Waals surface area contributed by atoms with Crippen LogP contribution in [0.4, 0.5) is 5.69 Å². The summed E-state index contributed by atoms with van der Waals surface area (Å²) in [6.07, 6.45) is 0.968. The van der Waals surface area contributed by atoms with E-state index in [1.54, 1.807) is 47.4 Å². The second-order valence-electron chi connectivity index (χ2n) is 7.67. The molecule has 0 radical (unpaired) electrons. The fraction of sp³-hybridized carbons (Fsp3) is 0.409. The summed E-state index contributed by atoms with van der Waals surface area (Å²) in [6.45, 7) is 0.903.